The molecule has 1 saturated carbocycles. The Morgan fingerprint density at radius 2 is 2.25 bits per heavy atom. The summed E-state index contributed by atoms with van der Waals surface area (Å²) in [6.45, 7) is 3.64. The van der Waals surface area contributed by atoms with E-state index in [1.54, 1.807) is 0 Å². The van der Waals surface area contributed by atoms with E-state index in [-0.39, 0.29) is 24.0 Å². The topological polar surface area (TPSA) is 64.3 Å². The lowest BCUT2D eigenvalue weighted by molar-refractivity contribution is -0.125. The van der Waals surface area contributed by atoms with Crippen LogP contribution in [0, 0.1) is 11.8 Å². The summed E-state index contributed by atoms with van der Waals surface area (Å²) >= 11 is 0. The van der Waals surface area contributed by atoms with Crippen molar-refractivity contribution in [1.82, 2.24) is 5.32 Å². The maximum absolute atomic E-state index is 11.9. The van der Waals surface area contributed by atoms with Crippen LogP contribution in [-0.4, -0.2) is 31.2 Å². The van der Waals surface area contributed by atoms with Gasteiger partial charge in [0.1, 0.15) is 0 Å². The van der Waals surface area contributed by atoms with Crippen molar-refractivity contribution < 1.29 is 9.53 Å². The smallest absolute Gasteiger partial charge is 0.224 e. The molecule has 1 aliphatic heterocycles. The average molecular weight is 226 g/mol. The van der Waals surface area contributed by atoms with Gasteiger partial charge in [-0.3, -0.25) is 4.79 Å². The third-order valence-corrected chi connectivity index (χ3v) is 3.98. The molecule has 4 atom stereocenters. The SMILES string of the molecule is CC1OCCC1CNC(=O)C1CCCC1N. The number of carbonyl (C=O) groups is 1. The minimum atomic E-state index is 0.0395. The van der Waals surface area contributed by atoms with Gasteiger partial charge < -0.3 is 15.8 Å². The highest BCUT2D eigenvalue weighted by atomic mass is 16.5. The molecule has 4 unspecified atom stereocenters. The van der Waals surface area contributed by atoms with Gasteiger partial charge in [0.15, 0.2) is 0 Å². The molecule has 92 valence electrons. The number of carbonyl (C=O) groups excluding carboxylic acids is 1. The van der Waals surface area contributed by atoms with Crippen LogP contribution < -0.4 is 11.1 Å². The van der Waals surface area contributed by atoms with Crippen molar-refractivity contribution in [3.63, 3.8) is 0 Å². The number of hydrogen-bond acceptors (Lipinski definition) is 3. The van der Waals surface area contributed by atoms with Crippen molar-refractivity contribution in [3.8, 4) is 0 Å². The Morgan fingerprint density at radius 3 is 2.81 bits per heavy atom. The first-order valence-corrected chi connectivity index (χ1v) is 6.33. The standard InChI is InChI=1S/C12H22N2O2/c1-8-9(5-6-16-8)7-14-12(15)10-3-2-4-11(10)13/h8-11H,2-7,13H2,1H3,(H,14,15). The lowest BCUT2D eigenvalue weighted by atomic mass is 10.0. The van der Waals surface area contributed by atoms with Gasteiger partial charge in [-0.25, -0.2) is 0 Å². The van der Waals surface area contributed by atoms with E-state index in [4.69, 9.17) is 10.5 Å². The van der Waals surface area contributed by atoms with Crippen LogP contribution in [0.15, 0.2) is 0 Å². The number of nitrogens with two attached hydrogens (primary N) is 1. The molecule has 3 N–H and O–H groups in total. The average Bonchev–Trinajstić information content (AvgIpc) is 2.84. The lowest BCUT2D eigenvalue weighted by Crippen LogP contribution is -2.41. The second kappa shape index (κ2) is 5.15. The van der Waals surface area contributed by atoms with Crippen molar-refractivity contribution in [2.45, 2.75) is 44.8 Å². The zero-order valence-corrected chi connectivity index (χ0v) is 9.95. The summed E-state index contributed by atoms with van der Waals surface area (Å²) in [6.07, 6.45) is 4.35. The van der Waals surface area contributed by atoms with Gasteiger partial charge in [0.25, 0.3) is 0 Å². The van der Waals surface area contributed by atoms with Crippen LogP contribution in [0.5, 0.6) is 0 Å². The van der Waals surface area contributed by atoms with Crippen LogP contribution in [0.25, 0.3) is 0 Å². The van der Waals surface area contributed by atoms with Crippen molar-refractivity contribution in [1.29, 1.82) is 0 Å². The summed E-state index contributed by atoms with van der Waals surface area (Å²) in [7, 11) is 0. The number of nitrogens with one attached hydrogen (secondary N) is 1. The first kappa shape index (κ1) is 11.9. The maximum atomic E-state index is 11.9. The van der Waals surface area contributed by atoms with Gasteiger partial charge in [-0.05, 0) is 26.2 Å². The van der Waals surface area contributed by atoms with Crippen LogP contribution in [0.1, 0.15) is 32.6 Å². The van der Waals surface area contributed by atoms with Crippen molar-refractivity contribution in [2.75, 3.05) is 13.2 Å². The second-order valence-electron chi connectivity index (χ2n) is 5.07. The molecule has 0 aromatic carbocycles. The molecule has 4 nitrogen and oxygen atoms in total. The van der Waals surface area contributed by atoms with Crippen molar-refractivity contribution >= 4 is 5.91 Å². The Bertz CT molecular complexity index is 257. The molecule has 0 aromatic rings. The van der Waals surface area contributed by atoms with Crippen LogP contribution in [0.2, 0.25) is 0 Å². The van der Waals surface area contributed by atoms with Gasteiger partial charge in [-0.15, -0.1) is 0 Å². The quantitative estimate of drug-likeness (QED) is 0.743. The fraction of sp³-hybridized carbons (Fsp3) is 0.917. The highest BCUT2D eigenvalue weighted by Gasteiger charge is 2.31. The molecule has 2 fully saturated rings. The maximum Gasteiger partial charge on any atom is 0.224 e. The summed E-state index contributed by atoms with van der Waals surface area (Å²) < 4.78 is 5.47. The molecule has 0 radical (unpaired) electrons. The first-order chi connectivity index (χ1) is 7.68. The fourth-order valence-corrected chi connectivity index (χ4v) is 2.72. The van der Waals surface area contributed by atoms with E-state index in [1.165, 1.54) is 0 Å². The van der Waals surface area contributed by atoms with Crippen LogP contribution in [0.3, 0.4) is 0 Å². The molecule has 0 bridgehead atoms. The minimum absolute atomic E-state index is 0.0395. The molecule has 1 saturated heterocycles. The molecule has 1 heterocycles. The molecule has 4 heteroatoms. The Labute approximate surface area is 96.9 Å². The van der Waals surface area contributed by atoms with Crippen LogP contribution >= 0.6 is 0 Å². The van der Waals surface area contributed by atoms with Gasteiger partial charge in [0.05, 0.1) is 12.0 Å². The number of rotatable bonds is 3. The fourth-order valence-electron chi connectivity index (χ4n) is 2.72. The Balaban J connectivity index is 1.75. The molecular weight excluding hydrogens is 204 g/mol. The van der Waals surface area contributed by atoms with E-state index in [1.807, 2.05) is 0 Å². The normalized spacial score (nSPS) is 38.9. The van der Waals surface area contributed by atoms with Crippen LogP contribution in [0.4, 0.5) is 0 Å². The predicted octanol–water partition coefficient (Wildman–Crippen LogP) is 0.655. The molecular formula is C12H22N2O2. The van der Waals surface area contributed by atoms with E-state index >= 15 is 0 Å². The minimum Gasteiger partial charge on any atom is -0.378 e. The van der Waals surface area contributed by atoms with E-state index in [0.717, 1.165) is 38.8 Å². The van der Waals surface area contributed by atoms with Crippen molar-refractivity contribution in [2.24, 2.45) is 17.6 Å². The molecule has 1 aliphatic carbocycles. The third-order valence-electron chi connectivity index (χ3n) is 3.98. The highest BCUT2D eigenvalue weighted by Crippen LogP contribution is 2.24. The van der Waals surface area contributed by atoms with E-state index in [2.05, 4.69) is 12.2 Å². The number of amides is 1. The zero-order valence-electron chi connectivity index (χ0n) is 9.95. The largest absolute Gasteiger partial charge is 0.378 e. The number of ether oxygens (including phenoxy) is 1. The summed E-state index contributed by atoms with van der Waals surface area (Å²) in [5.74, 6) is 0.656. The summed E-state index contributed by atoms with van der Waals surface area (Å²) in [5, 5.41) is 3.03. The third kappa shape index (κ3) is 2.55. The summed E-state index contributed by atoms with van der Waals surface area (Å²) in [5.41, 5.74) is 5.91. The Kier molecular flexibility index (Phi) is 3.82. The van der Waals surface area contributed by atoms with E-state index in [9.17, 15) is 4.79 Å². The molecule has 0 spiro atoms. The molecule has 2 rings (SSSR count). The summed E-state index contributed by atoms with van der Waals surface area (Å²) in [4.78, 5) is 11.9. The van der Waals surface area contributed by atoms with Gasteiger partial charge in [0, 0.05) is 25.1 Å². The molecule has 2 aliphatic rings. The second-order valence-corrected chi connectivity index (χ2v) is 5.07. The van der Waals surface area contributed by atoms with E-state index in [0.29, 0.717) is 5.92 Å². The molecule has 0 aromatic heterocycles. The lowest BCUT2D eigenvalue weighted by Gasteiger charge is -2.18. The van der Waals surface area contributed by atoms with Crippen LogP contribution in [-0.2, 0) is 9.53 Å². The zero-order chi connectivity index (χ0) is 11.5. The Hall–Kier alpha value is -0.610. The molecule has 16 heavy (non-hydrogen) atoms. The van der Waals surface area contributed by atoms with E-state index < -0.39 is 0 Å². The van der Waals surface area contributed by atoms with Gasteiger partial charge >= 0.3 is 0 Å². The monoisotopic (exact) mass is 226 g/mol. The number of hydrogen-bond donors (Lipinski definition) is 2. The predicted molar refractivity (Wildman–Crippen MR) is 61.8 cm³/mol. The highest BCUT2D eigenvalue weighted by molar-refractivity contribution is 5.79. The van der Waals surface area contributed by atoms with Crippen molar-refractivity contribution in [3.05, 3.63) is 0 Å². The van der Waals surface area contributed by atoms with Gasteiger partial charge in [-0.2, -0.15) is 0 Å². The van der Waals surface area contributed by atoms with Gasteiger partial charge in [0.2, 0.25) is 5.91 Å². The van der Waals surface area contributed by atoms with Gasteiger partial charge in [-0.1, -0.05) is 6.42 Å². The molecule has 1 amide bonds. The first-order valence-electron chi connectivity index (χ1n) is 6.33. The Morgan fingerprint density at radius 1 is 1.44 bits per heavy atom. The summed E-state index contributed by atoms with van der Waals surface area (Å²) in [6, 6.07) is 0.0669.